The van der Waals surface area contributed by atoms with Gasteiger partial charge >= 0.3 is 5.97 Å². The third-order valence-electron chi connectivity index (χ3n) is 7.95. The number of H-pyrrole nitrogens is 1. The van der Waals surface area contributed by atoms with Gasteiger partial charge in [0.25, 0.3) is 0 Å². The number of nitrogens with one attached hydrogen (secondary N) is 1. The molecule has 40 heavy (non-hydrogen) atoms. The average molecular weight is 571 g/mol. The van der Waals surface area contributed by atoms with Crippen LogP contribution in [0.15, 0.2) is 91.0 Å². The van der Waals surface area contributed by atoms with Gasteiger partial charge in [0.05, 0.1) is 11.1 Å². The number of carboxylic acid groups (broad SMARTS) is 1. The van der Waals surface area contributed by atoms with E-state index in [4.69, 9.17) is 28.3 Å². The molecule has 2 heterocycles. The van der Waals surface area contributed by atoms with Crippen molar-refractivity contribution in [2.45, 2.75) is 31.2 Å². The summed E-state index contributed by atoms with van der Waals surface area (Å²) >= 11 is 12.4. The Hall–Kier alpha value is -3.64. The Balaban J connectivity index is 1.24. The Morgan fingerprint density at radius 2 is 1.43 bits per heavy atom. The summed E-state index contributed by atoms with van der Waals surface area (Å²) in [5, 5.41) is 19.8. The van der Waals surface area contributed by atoms with Crippen molar-refractivity contribution in [3.63, 3.8) is 0 Å². The zero-order chi connectivity index (χ0) is 27.6. The van der Waals surface area contributed by atoms with Gasteiger partial charge in [-0.25, -0.2) is 4.79 Å². The minimum atomic E-state index is -0.894. The lowest BCUT2D eigenvalue weighted by Crippen LogP contribution is -2.32. The lowest BCUT2D eigenvalue weighted by Gasteiger charge is -2.31. The van der Waals surface area contributed by atoms with Crippen molar-refractivity contribution < 1.29 is 9.90 Å². The zero-order valence-electron chi connectivity index (χ0n) is 21.9. The number of likely N-dealkylation sites (tertiary alicyclic amines) is 1. The molecule has 0 atom stereocenters. The molecule has 0 unspecified atom stereocenters. The molecule has 1 saturated heterocycles. The average Bonchev–Trinajstić information content (AvgIpc) is 3.39. The molecule has 202 valence electrons. The summed E-state index contributed by atoms with van der Waals surface area (Å²) in [5.74, 6) is -0.457. The number of aromatic nitrogens is 2. The molecule has 0 bridgehead atoms. The third-order valence-corrected chi connectivity index (χ3v) is 8.45. The Kier molecular flexibility index (Phi) is 7.61. The molecule has 1 aliphatic rings. The first-order chi connectivity index (χ1) is 19.4. The van der Waals surface area contributed by atoms with Crippen molar-refractivity contribution in [3.05, 3.63) is 135 Å². The van der Waals surface area contributed by atoms with Crippen LogP contribution in [0.5, 0.6) is 0 Å². The molecule has 0 aliphatic carbocycles. The van der Waals surface area contributed by atoms with E-state index >= 15 is 0 Å². The Bertz CT molecular complexity index is 1580. The molecule has 5 aromatic rings. The summed E-state index contributed by atoms with van der Waals surface area (Å²) < 4.78 is 0. The molecule has 0 saturated carbocycles. The predicted molar refractivity (Wildman–Crippen MR) is 161 cm³/mol. The first-order valence-corrected chi connectivity index (χ1v) is 14.2. The number of benzene rings is 4. The number of nitrogens with zero attached hydrogens (tertiary/aromatic N) is 2. The van der Waals surface area contributed by atoms with Crippen LogP contribution in [0.25, 0.3) is 10.9 Å². The van der Waals surface area contributed by atoms with Crippen LogP contribution in [-0.2, 0) is 6.54 Å². The maximum Gasteiger partial charge on any atom is 0.335 e. The topological polar surface area (TPSA) is 69.2 Å². The number of hydrogen-bond donors (Lipinski definition) is 2. The minimum absolute atomic E-state index is 0.0380. The van der Waals surface area contributed by atoms with Crippen LogP contribution in [0.2, 0.25) is 10.0 Å². The van der Waals surface area contributed by atoms with E-state index in [1.54, 1.807) is 12.1 Å². The molecule has 1 aliphatic heterocycles. The van der Waals surface area contributed by atoms with Crippen LogP contribution in [0, 0.1) is 0 Å². The predicted octanol–water partition coefficient (Wildman–Crippen LogP) is 8.13. The molecule has 4 aromatic carbocycles. The highest BCUT2D eigenvalue weighted by molar-refractivity contribution is 6.30. The maximum absolute atomic E-state index is 11.1. The molecule has 1 fully saturated rings. The smallest absolute Gasteiger partial charge is 0.335 e. The van der Waals surface area contributed by atoms with E-state index in [0.717, 1.165) is 53.6 Å². The van der Waals surface area contributed by atoms with Gasteiger partial charge in [0.2, 0.25) is 0 Å². The number of fused-ring (bicyclic) bond motifs is 1. The van der Waals surface area contributed by atoms with Gasteiger partial charge in [0.15, 0.2) is 0 Å². The summed E-state index contributed by atoms with van der Waals surface area (Å²) in [5.41, 5.74) is 7.17. The van der Waals surface area contributed by atoms with Crippen LogP contribution in [-0.4, -0.2) is 39.3 Å². The van der Waals surface area contributed by atoms with Crippen LogP contribution >= 0.6 is 23.2 Å². The zero-order valence-corrected chi connectivity index (χ0v) is 23.4. The number of carbonyl (C=O) groups is 1. The number of aromatic carboxylic acids is 1. The number of carboxylic acids is 1. The van der Waals surface area contributed by atoms with Crippen LogP contribution in [0.1, 0.15) is 63.0 Å². The van der Waals surface area contributed by atoms with E-state index in [2.05, 4.69) is 57.6 Å². The van der Waals surface area contributed by atoms with Crippen molar-refractivity contribution in [1.29, 1.82) is 0 Å². The van der Waals surface area contributed by atoms with Gasteiger partial charge in [0.1, 0.15) is 0 Å². The second-order valence-electron chi connectivity index (χ2n) is 10.5. The van der Waals surface area contributed by atoms with E-state index < -0.39 is 5.97 Å². The second-order valence-corrected chi connectivity index (χ2v) is 11.4. The first kappa shape index (κ1) is 26.6. The molecule has 5 nitrogen and oxygen atoms in total. The van der Waals surface area contributed by atoms with E-state index in [1.165, 1.54) is 27.8 Å². The summed E-state index contributed by atoms with van der Waals surface area (Å²) in [6, 6.07) is 29.9. The van der Waals surface area contributed by atoms with Crippen molar-refractivity contribution >= 4 is 40.1 Å². The van der Waals surface area contributed by atoms with Gasteiger partial charge in [-0.2, -0.15) is 5.10 Å². The maximum atomic E-state index is 11.1. The van der Waals surface area contributed by atoms with Crippen molar-refractivity contribution in [1.82, 2.24) is 15.1 Å². The Morgan fingerprint density at radius 1 is 0.850 bits per heavy atom. The van der Waals surface area contributed by atoms with E-state index in [-0.39, 0.29) is 5.92 Å². The summed E-state index contributed by atoms with van der Waals surface area (Å²) in [7, 11) is 0. The highest BCUT2D eigenvalue weighted by atomic mass is 35.5. The van der Waals surface area contributed by atoms with Crippen LogP contribution in [0.3, 0.4) is 0 Å². The second kappa shape index (κ2) is 11.5. The number of rotatable bonds is 7. The molecule has 0 spiro atoms. The number of aromatic amines is 1. The van der Waals surface area contributed by atoms with Gasteiger partial charge in [-0.15, -0.1) is 0 Å². The number of halogens is 2. The van der Waals surface area contributed by atoms with Crippen molar-refractivity contribution in [3.8, 4) is 0 Å². The van der Waals surface area contributed by atoms with Crippen LogP contribution < -0.4 is 0 Å². The van der Waals surface area contributed by atoms with E-state index in [1.807, 2.05) is 36.4 Å². The first-order valence-electron chi connectivity index (χ1n) is 13.5. The molecular weight excluding hydrogens is 541 g/mol. The fourth-order valence-corrected chi connectivity index (χ4v) is 6.07. The van der Waals surface area contributed by atoms with Crippen LogP contribution in [0.4, 0.5) is 0 Å². The van der Waals surface area contributed by atoms with Gasteiger partial charge in [-0.1, -0.05) is 65.7 Å². The van der Waals surface area contributed by atoms with Gasteiger partial charge in [-0.3, -0.25) is 10.00 Å². The minimum Gasteiger partial charge on any atom is -0.478 e. The fraction of sp³-hybridized carbons (Fsp3) is 0.212. The standard InChI is InChI=1S/C33H29Cl2N3O2/c34-27-10-5-22(6-11-27)31(23-7-12-28(35)13-8-23)26-9-14-30-29(19-26)32(37-36-30)24-15-17-38(18-16-24)20-21-1-3-25(4-2-21)33(39)40/h1-14,19,24,31H,15-18,20H2,(H,36,37)(H,39,40). The Morgan fingerprint density at radius 3 is 2.00 bits per heavy atom. The third kappa shape index (κ3) is 5.64. The summed E-state index contributed by atoms with van der Waals surface area (Å²) in [6.07, 6.45) is 2.07. The highest BCUT2D eigenvalue weighted by Gasteiger charge is 2.25. The fourth-order valence-electron chi connectivity index (χ4n) is 5.82. The number of piperidine rings is 1. The number of hydrogen-bond acceptors (Lipinski definition) is 3. The van der Waals surface area contributed by atoms with Crippen molar-refractivity contribution in [2.75, 3.05) is 13.1 Å². The SMILES string of the molecule is O=C(O)c1ccc(CN2CCC(c3[nH]nc4ccc(C(c5ccc(Cl)cc5)c5ccc(Cl)cc5)cc34)CC2)cc1. The van der Waals surface area contributed by atoms with E-state index in [0.29, 0.717) is 11.5 Å². The van der Waals surface area contributed by atoms with Crippen molar-refractivity contribution in [2.24, 2.45) is 0 Å². The van der Waals surface area contributed by atoms with E-state index in [9.17, 15) is 4.79 Å². The van der Waals surface area contributed by atoms with Gasteiger partial charge in [0, 0.05) is 39.5 Å². The molecule has 2 N–H and O–H groups in total. The largest absolute Gasteiger partial charge is 0.478 e. The highest BCUT2D eigenvalue weighted by Crippen LogP contribution is 2.37. The van der Waals surface area contributed by atoms with Gasteiger partial charge < -0.3 is 5.11 Å². The molecule has 6 rings (SSSR count). The lowest BCUT2D eigenvalue weighted by molar-refractivity contribution is 0.0697. The molecule has 0 radical (unpaired) electrons. The molecule has 0 amide bonds. The molecule has 7 heteroatoms. The normalized spacial score (nSPS) is 14.7. The molecule has 1 aromatic heterocycles. The summed E-state index contributed by atoms with van der Waals surface area (Å²) in [4.78, 5) is 13.6. The molecular formula is C33H29Cl2N3O2. The lowest BCUT2D eigenvalue weighted by atomic mass is 9.84. The van der Waals surface area contributed by atoms with Gasteiger partial charge in [-0.05, 0) is 96.7 Å². The quantitative estimate of drug-likeness (QED) is 0.194. The summed E-state index contributed by atoms with van der Waals surface area (Å²) in [6.45, 7) is 2.78. The monoisotopic (exact) mass is 569 g/mol. The Labute approximate surface area is 243 Å².